The molecule has 0 aliphatic heterocycles. The van der Waals surface area contributed by atoms with Crippen LogP contribution in [0.2, 0.25) is 0 Å². The van der Waals surface area contributed by atoms with Gasteiger partial charge < -0.3 is 13.3 Å². The maximum absolute atomic E-state index is 6.98. The van der Waals surface area contributed by atoms with Crippen molar-refractivity contribution in [1.29, 1.82) is 0 Å². The highest BCUT2D eigenvalue weighted by Crippen LogP contribution is 2.48. The summed E-state index contributed by atoms with van der Waals surface area (Å²) in [6.07, 6.45) is 0. The average Bonchev–Trinajstić information content (AvgIpc) is 1.57. The Kier molecular flexibility index (Phi) is 13.6. The second-order valence-corrected chi connectivity index (χ2v) is 29.5. The molecule has 0 fully saturated rings. The molecule has 106 heavy (non-hydrogen) atoms. The molecule has 22 aromatic rings. The van der Waals surface area contributed by atoms with Crippen molar-refractivity contribution in [2.24, 2.45) is 0 Å². The molecule has 0 aliphatic carbocycles. The van der Waals surface area contributed by atoms with Crippen molar-refractivity contribution in [3.63, 3.8) is 0 Å². The lowest BCUT2D eigenvalue weighted by atomic mass is 9.99. The van der Waals surface area contributed by atoms with Crippen LogP contribution in [0.3, 0.4) is 0 Å². The second kappa shape index (κ2) is 24.1. The van der Waals surface area contributed by atoms with E-state index in [0.717, 1.165) is 173 Å². The first-order valence-corrected chi connectivity index (χ1v) is 37.3. The van der Waals surface area contributed by atoms with E-state index in [9.17, 15) is 0 Å². The number of fused-ring (bicyclic) bond motifs is 14. The van der Waals surface area contributed by atoms with Gasteiger partial charge in [0.15, 0.2) is 34.9 Å². The van der Waals surface area contributed by atoms with E-state index >= 15 is 0 Å². The van der Waals surface area contributed by atoms with Gasteiger partial charge in [0, 0.05) is 114 Å². The van der Waals surface area contributed by atoms with Crippen LogP contribution >= 0.6 is 34.0 Å². The Morgan fingerprint density at radius 2 is 0.566 bits per heavy atom. The van der Waals surface area contributed by atoms with Crippen LogP contribution in [-0.2, 0) is 0 Å². The molecule has 8 heterocycles. The molecule has 0 aliphatic rings. The number of benzene rings is 14. The highest BCUT2D eigenvalue weighted by Gasteiger charge is 2.26. The molecule has 0 atom stereocenters. The smallest absolute Gasteiger partial charge is 0.165 e. The quantitative estimate of drug-likeness (QED) is 0.122. The van der Waals surface area contributed by atoms with Gasteiger partial charge in [-0.05, 0) is 83.4 Å². The number of para-hydroxylation sites is 4. The summed E-state index contributed by atoms with van der Waals surface area (Å²) in [4.78, 5) is 42.1. The van der Waals surface area contributed by atoms with E-state index in [0.29, 0.717) is 40.5 Å². The van der Waals surface area contributed by atoms with E-state index in [2.05, 4.69) is 200 Å². The molecular weight excluding hydrogens is 1360 g/mol. The fourth-order valence-electron chi connectivity index (χ4n) is 15.2. The molecule has 11 nitrogen and oxygen atoms in total. The van der Waals surface area contributed by atoms with Crippen LogP contribution in [0.4, 0.5) is 0 Å². The van der Waals surface area contributed by atoms with Gasteiger partial charge in [-0.2, -0.15) is 0 Å². The minimum absolute atomic E-state index is 0.518. The fraction of sp³-hybridized carbons (Fsp3) is 0. The summed E-state index contributed by atoms with van der Waals surface area (Å²) >= 11 is 5.13. The normalized spacial score (nSPS) is 12.0. The van der Waals surface area contributed by atoms with E-state index in [1.807, 2.05) is 103 Å². The van der Waals surface area contributed by atoms with E-state index < -0.39 is 0 Å². The third-order valence-corrected chi connectivity index (χ3v) is 23.5. The van der Waals surface area contributed by atoms with Crippen LogP contribution in [-0.4, -0.2) is 39.9 Å². The summed E-state index contributed by atoms with van der Waals surface area (Å²) in [6, 6.07) is 105. The van der Waals surface area contributed by atoms with Gasteiger partial charge in [-0.3, -0.25) is 0 Å². The summed E-state index contributed by atoms with van der Waals surface area (Å²) in [5.74, 6) is 3.37. The van der Waals surface area contributed by atoms with Gasteiger partial charge in [0.05, 0.1) is 20.4 Å². The summed E-state index contributed by atoms with van der Waals surface area (Å²) in [6.45, 7) is 0. The van der Waals surface area contributed by atoms with Crippen LogP contribution in [0.15, 0.2) is 317 Å². The zero-order valence-corrected chi connectivity index (χ0v) is 58.3. The zero-order valence-electron chi connectivity index (χ0n) is 55.9. The molecule has 14 aromatic carbocycles. The number of hydrogen-bond donors (Lipinski definition) is 0. The molecule has 494 valence electrons. The van der Waals surface area contributed by atoms with Gasteiger partial charge in [-0.15, -0.1) is 34.0 Å². The lowest BCUT2D eigenvalue weighted by Gasteiger charge is -2.10. The highest BCUT2D eigenvalue weighted by atomic mass is 32.1. The first-order valence-electron chi connectivity index (χ1n) is 34.8. The Bertz CT molecular complexity index is 7340. The first kappa shape index (κ1) is 60.1. The van der Waals surface area contributed by atoms with Crippen molar-refractivity contribution in [3.05, 3.63) is 303 Å². The maximum Gasteiger partial charge on any atom is 0.165 e. The third kappa shape index (κ3) is 9.83. The van der Waals surface area contributed by atoms with Crippen molar-refractivity contribution < 1.29 is 13.3 Å². The highest BCUT2D eigenvalue weighted by molar-refractivity contribution is 7.26. The Balaban J connectivity index is 0.606. The largest absolute Gasteiger partial charge is 0.455 e. The molecule has 0 radical (unpaired) electrons. The molecule has 0 amide bonds. The Morgan fingerprint density at radius 3 is 1.08 bits per heavy atom. The number of aromatic nitrogens is 8. The van der Waals surface area contributed by atoms with Gasteiger partial charge in [-0.25, -0.2) is 39.9 Å². The number of hydrogen-bond acceptors (Lipinski definition) is 14. The van der Waals surface area contributed by atoms with Crippen LogP contribution in [0, 0.1) is 0 Å². The number of thiophene rings is 1. The SMILES string of the molecule is c1ccc(-c2nc(-c3cccc4c3sc3ccccc34)nc(-c3cccc4oc5c(-c6cccc(-c7nc8cc(-c9cccc%10c9oc9cccc(-c%11nc(-c%12ccccc%12)nc(-c%12cccc%13oc%14c(-c%15cccc(-c%16nc%17ccccc%17s%16)c%15)cccc%14c%12%13)n%11)c9%10)ccc8s7)c6)cccc5c34)n2)cc1. The molecule has 0 N–H and O–H groups in total. The predicted octanol–water partition coefficient (Wildman–Crippen LogP) is 25.7. The maximum atomic E-state index is 6.98. The summed E-state index contributed by atoms with van der Waals surface area (Å²) < 4.78 is 25.4. The van der Waals surface area contributed by atoms with E-state index in [1.54, 1.807) is 34.0 Å². The predicted molar refractivity (Wildman–Crippen MR) is 434 cm³/mol. The van der Waals surface area contributed by atoms with Crippen molar-refractivity contribution >= 4 is 140 Å². The standard InChI is InChI=1S/C92H50N8O3S3/c1-3-20-51(21-4-1)85-95-87(66-36-17-41-72-78(66)63-33-13-29-58(81(63)101-72)53-24-11-26-56(48-53)91-93-70-40-8-10-45-76(70)105-91)99-88(96-85)67-37-18-43-74-80(67)65-35-15-31-60(83(65)103-74)55-46-47-77-71(50-55)94-92(106-77)57-27-12-25-54(49-57)59-30-14-34-64-79-68(38-19-42-73(79)102-82(59)64)89-97-86(52-22-5-2-6-23-52)98-90(100-89)69-39-16-32-62-61-28-7-9-44-75(61)104-84(62)69/h1-50H. The van der Waals surface area contributed by atoms with Gasteiger partial charge >= 0.3 is 0 Å². The second-order valence-electron chi connectivity index (χ2n) is 26.4. The molecule has 0 bridgehead atoms. The topological polar surface area (TPSA) is 143 Å². The minimum atomic E-state index is 0.518. The van der Waals surface area contributed by atoms with Gasteiger partial charge in [-0.1, -0.05) is 237 Å². The summed E-state index contributed by atoms with van der Waals surface area (Å²) in [7, 11) is 0. The minimum Gasteiger partial charge on any atom is -0.455 e. The van der Waals surface area contributed by atoms with Crippen molar-refractivity contribution in [3.8, 4) is 123 Å². The molecule has 0 spiro atoms. The van der Waals surface area contributed by atoms with E-state index in [-0.39, 0.29) is 0 Å². The molecule has 22 rings (SSSR count). The van der Waals surface area contributed by atoms with Crippen LogP contribution in [0.25, 0.3) is 229 Å². The van der Waals surface area contributed by atoms with Crippen LogP contribution in [0.5, 0.6) is 0 Å². The molecular formula is C92H50N8O3S3. The Morgan fingerprint density at radius 1 is 0.208 bits per heavy atom. The number of nitrogens with zero attached hydrogens (tertiary/aromatic N) is 8. The van der Waals surface area contributed by atoms with Crippen molar-refractivity contribution in [2.75, 3.05) is 0 Å². The third-order valence-electron chi connectivity index (χ3n) is 20.1. The van der Waals surface area contributed by atoms with Gasteiger partial charge in [0.25, 0.3) is 0 Å². The van der Waals surface area contributed by atoms with Crippen molar-refractivity contribution in [2.45, 2.75) is 0 Å². The lowest BCUT2D eigenvalue weighted by molar-refractivity contribution is 0.669. The summed E-state index contributed by atoms with van der Waals surface area (Å²) in [5, 5.41) is 9.90. The number of thiazole rings is 2. The molecule has 0 saturated carbocycles. The van der Waals surface area contributed by atoms with E-state index in [1.165, 1.54) is 15.5 Å². The van der Waals surface area contributed by atoms with E-state index in [4.69, 9.17) is 53.1 Å². The first-order chi connectivity index (χ1) is 52.5. The fourth-order valence-corrected chi connectivity index (χ4v) is 18.3. The van der Waals surface area contributed by atoms with Crippen molar-refractivity contribution in [1.82, 2.24) is 39.9 Å². The molecule has 8 aromatic heterocycles. The molecule has 14 heteroatoms. The van der Waals surface area contributed by atoms with Gasteiger partial charge in [0.2, 0.25) is 0 Å². The summed E-state index contributed by atoms with van der Waals surface area (Å²) in [5.41, 5.74) is 19.6. The average molecular weight is 1410 g/mol. The van der Waals surface area contributed by atoms with Crippen LogP contribution in [0.1, 0.15) is 0 Å². The number of rotatable bonds is 11. The lowest BCUT2D eigenvalue weighted by Crippen LogP contribution is -2.00. The van der Waals surface area contributed by atoms with Crippen LogP contribution < -0.4 is 0 Å². The van der Waals surface area contributed by atoms with Gasteiger partial charge in [0.1, 0.15) is 43.5 Å². The Labute approximate surface area is 615 Å². The number of furan rings is 3. The Hall–Kier alpha value is -13.5. The molecule has 0 saturated heterocycles. The monoisotopic (exact) mass is 1410 g/mol. The zero-order chi connectivity index (χ0) is 69.5. The molecule has 0 unspecified atom stereocenters.